The summed E-state index contributed by atoms with van der Waals surface area (Å²) < 4.78 is 1.90. The molecule has 1 heterocycles. The molecule has 3 nitrogen and oxygen atoms in total. The van der Waals surface area contributed by atoms with Crippen molar-refractivity contribution in [3.63, 3.8) is 0 Å². The van der Waals surface area contributed by atoms with Crippen LogP contribution in [0.5, 0.6) is 0 Å². The summed E-state index contributed by atoms with van der Waals surface area (Å²) in [5.74, 6) is -0.112. The van der Waals surface area contributed by atoms with Gasteiger partial charge in [0.05, 0.1) is 0 Å². The van der Waals surface area contributed by atoms with Crippen LogP contribution in [0.1, 0.15) is 16.1 Å². The molecule has 0 aliphatic heterocycles. The number of aromatic nitrogens is 1. The van der Waals surface area contributed by atoms with Crippen LogP contribution in [0.4, 0.5) is 0 Å². The molecule has 88 valence electrons. The fourth-order valence-electron chi connectivity index (χ4n) is 1.38. The van der Waals surface area contributed by atoms with Crippen LogP contribution in [0.2, 0.25) is 0 Å². The Balaban J connectivity index is 1.94. The Morgan fingerprint density at radius 3 is 2.47 bits per heavy atom. The number of aromatic amines is 1. The zero-order valence-corrected chi connectivity index (χ0v) is 12.0. The van der Waals surface area contributed by atoms with Crippen molar-refractivity contribution in [2.24, 2.45) is 0 Å². The zero-order valence-electron chi connectivity index (χ0n) is 8.84. The lowest BCUT2D eigenvalue weighted by molar-refractivity contribution is 0.0946. The molecule has 2 N–H and O–H groups in total. The first-order valence-electron chi connectivity index (χ1n) is 5.02. The van der Waals surface area contributed by atoms with Crippen LogP contribution >= 0.6 is 31.9 Å². The van der Waals surface area contributed by atoms with Crippen LogP contribution in [0, 0.1) is 0 Å². The van der Waals surface area contributed by atoms with Crippen molar-refractivity contribution in [3.05, 3.63) is 56.7 Å². The maximum Gasteiger partial charge on any atom is 0.267 e. The van der Waals surface area contributed by atoms with Crippen LogP contribution in [0.3, 0.4) is 0 Å². The van der Waals surface area contributed by atoms with Gasteiger partial charge in [-0.25, -0.2) is 0 Å². The number of benzene rings is 1. The minimum atomic E-state index is -0.112. The minimum Gasteiger partial charge on any atom is -0.356 e. The average molecular weight is 358 g/mol. The SMILES string of the molecule is O=C(NCc1ccc(Br)cc1)c1cc(Br)c[nH]1. The van der Waals surface area contributed by atoms with Crippen LogP contribution in [0.25, 0.3) is 0 Å². The van der Waals surface area contributed by atoms with E-state index in [1.165, 1.54) is 0 Å². The molecule has 0 saturated carbocycles. The highest BCUT2D eigenvalue weighted by Crippen LogP contribution is 2.12. The molecule has 2 aromatic rings. The second-order valence-corrected chi connectivity index (χ2v) is 5.37. The lowest BCUT2D eigenvalue weighted by Crippen LogP contribution is -2.22. The van der Waals surface area contributed by atoms with Crippen molar-refractivity contribution < 1.29 is 4.79 Å². The van der Waals surface area contributed by atoms with Crippen molar-refractivity contribution in [2.75, 3.05) is 0 Å². The topological polar surface area (TPSA) is 44.9 Å². The summed E-state index contributed by atoms with van der Waals surface area (Å²) in [6.45, 7) is 0.517. The Bertz CT molecular complexity index is 520. The highest BCUT2D eigenvalue weighted by atomic mass is 79.9. The third-order valence-corrected chi connectivity index (χ3v) is 3.25. The van der Waals surface area contributed by atoms with Gasteiger partial charge >= 0.3 is 0 Å². The van der Waals surface area contributed by atoms with Gasteiger partial charge in [-0.3, -0.25) is 4.79 Å². The summed E-state index contributed by atoms with van der Waals surface area (Å²) in [5, 5.41) is 2.84. The van der Waals surface area contributed by atoms with Gasteiger partial charge in [-0.05, 0) is 39.7 Å². The molecule has 0 unspecified atom stereocenters. The van der Waals surface area contributed by atoms with Crippen molar-refractivity contribution in [1.82, 2.24) is 10.3 Å². The molecule has 2 rings (SSSR count). The second-order valence-electron chi connectivity index (χ2n) is 3.54. The number of carbonyl (C=O) groups excluding carboxylic acids is 1. The summed E-state index contributed by atoms with van der Waals surface area (Å²) in [6, 6.07) is 9.58. The Hall–Kier alpha value is -1.07. The van der Waals surface area contributed by atoms with Gasteiger partial charge in [0, 0.05) is 21.7 Å². The van der Waals surface area contributed by atoms with E-state index in [1.807, 2.05) is 24.3 Å². The van der Waals surface area contributed by atoms with Crippen molar-refractivity contribution in [2.45, 2.75) is 6.54 Å². The molecule has 1 amide bonds. The van der Waals surface area contributed by atoms with E-state index in [0.717, 1.165) is 14.5 Å². The molecule has 0 radical (unpaired) electrons. The van der Waals surface area contributed by atoms with Crippen molar-refractivity contribution >= 4 is 37.8 Å². The van der Waals surface area contributed by atoms with E-state index < -0.39 is 0 Å². The molecule has 0 saturated heterocycles. The largest absolute Gasteiger partial charge is 0.356 e. The number of halogens is 2. The number of amides is 1. The highest BCUT2D eigenvalue weighted by molar-refractivity contribution is 9.10. The summed E-state index contributed by atoms with van der Waals surface area (Å²) in [7, 11) is 0. The molecule has 1 aromatic heterocycles. The summed E-state index contributed by atoms with van der Waals surface area (Å²) >= 11 is 6.66. The highest BCUT2D eigenvalue weighted by Gasteiger charge is 2.06. The summed E-state index contributed by atoms with van der Waals surface area (Å²) in [5.41, 5.74) is 1.61. The normalized spacial score (nSPS) is 10.2. The number of hydrogen-bond donors (Lipinski definition) is 2. The molecule has 0 aliphatic carbocycles. The first-order chi connectivity index (χ1) is 8.15. The quantitative estimate of drug-likeness (QED) is 0.867. The molecule has 0 aliphatic rings. The third kappa shape index (κ3) is 3.44. The second kappa shape index (κ2) is 5.51. The van der Waals surface area contributed by atoms with Crippen LogP contribution in [-0.2, 0) is 6.54 Å². The monoisotopic (exact) mass is 356 g/mol. The van der Waals surface area contributed by atoms with Gasteiger partial charge < -0.3 is 10.3 Å². The van der Waals surface area contributed by atoms with E-state index in [-0.39, 0.29) is 5.91 Å². The predicted octanol–water partition coefficient (Wildman–Crippen LogP) is 3.47. The zero-order chi connectivity index (χ0) is 12.3. The van der Waals surface area contributed by atoms with Gasteiger partial charge in [-0.2, -0.15) is 0 Å². The van der Waals surface area contributed by atoms with E-state index in [9.17, 15) is 4.79 Å². The summed E-state index contributed by atoms with van der Waals surface area (Å²) in [6.07, 6.45) is 1.73. The van der Waals surface area contributed by atoms with Crippen LogP contribution in [-0.4, -0.2) is 10.9 Å². The maximum atomic E-state index is 11.7. The van der Waals surface area contributed by atoms with Crippen LogP contribution < -0.4 is 5.32 Å². The molecule has 0 atom stereocenters. The Kier molecular flexibility index (Phi) is 4.02. The fraction of sp³-hybridized carbons (Fsp3) is 0.0833. The van der Waals surface area contributed by atoms with Gasteiger partial charge in [-0.15, -0.1) is 0 Å². The molecule has 0 fully saturated rings. The average Bonchev–Trinajstić information content (AvgIpc) is 2.75. The standard InChI is InChI=1S/C12H10Br2N2O/c13-9-3-1-8(2-4-9)6-16-12(17)11-5-10(14)7-15-11/h1-5,7,15H,6H2,(H,16,17). The number of nitrogens with one attached hydrogen (secondary N) is 2. The predicted molar refractivity (Wildman–Crippen MR) is 73.8 cm³/mol. The smallest absolute Gasteiger partial charge is 0.267 e. The molecule has 17 heavy (non-hydrogen) atoms. The van der Waals surface area contributed by atoms with Crippen molar-refractivity contribution in [1.29, 1.82) is 0 Å². The number of hydrogen-bond acceptors (Lipinski definition) is 1. The Morgan fingerprint density at radius 2 is 1.88 bits per heavy atom. The van der Waals surface area contributed by atoms with E-state index in [0.29, 0.717) is 12.2 Å². The number of rotatable bonds is 3. The lowest BCUT2D eigenvalue weighted by atomic mass is 10.2. The number of carbonyl (C=O) groups is 1. The van der Waals surface area contributed by atoms with Gasteiger partial charge in [-0.1, -0.05) is 28.1 Å². The minimum absolute atomic E-state index is 0.112. The van der Waals surface area contributed by atoms with E-state index >= 15 is 0 Å². The van der Waals surface area contributed by atoms with Crippen LogP contribution in [0.15, 0.2) is 45.5 Å². The fourth-order valence-corrected chi connectivity index (χ4v) is 1.99. The van der Waals surface area contributed by atoms with E-state index in [1.54, 1.807) is 12.3 Å². The lowest BCUT2D eigenvalue weighted by Gasteiger charge is -2.03. The first-order valence-corrected chi connectivity index (χ1v) is 6.60. The molecular weight excluding hydrogens is 348 g/mol. The van der Waals surface area contributed by atoms with Gasteiger partial charge in [0.25, 0.3) is 5.91 Å². The molecule has 5 heteroatoms. The Morgan fingerprint density at radius 1 is 1.18 bits per heavy atom. The van der Waals surface area contributed by atoms with Gasteiger partial charge in [0.2, 0.25) is 0 Å². The van der Waals surface area contributed by atoms with E-state index in [4.69, 9.17) is 0 Å². The number of H-pyrrole nitrogens is 1. The molecule has 1 aromatic carbocycles. The van der Waals surface area contributed by atoms with Gasteiger partial charge in [0.15, 0.2) is 0 Å². The van der Waals surface area contributed by atoms with Crippen molar-refractivity contribution in [3.8, 4) is 0 Å². The maximum absolute atomic E-state index is 11.7. The van der Waals surface area contributed by atoms with Gasteiger partial charge in [0.1, 0.15) is 5.69 Å². The summed E-state index contributed by atoms with van der Waals surface area (Å²) in [4.78, 5) is 14.6. The molecule has 0 spiro atoms. The molecule has 0 bridgehead atoms. The van der Waals surface area contributed by atoms with E-state index in [2.05, 4.69) is 42.2 Å². The Labute approximate surface area is 116 Å². The molecular formula is C12H10Br2N2O. The first kappa shape index (κ1) is 12.4. The third-order valence-electron chi connectivity index (χ3n) is 2.26.